The molecule has 102 valence electrons. The summed E-state index contributed by atoms with van der Waals surface area (Å²) >= 11 is 0. The number of nitrogens with one attached hydrogen (secondary N) is 3. The number of anilines is 1. The molecule has 2 rings (SSSR count). The predicted molar refractivity (Wildman–Crippen MR) is 76.3 cm³/mol. The quantitative estimate of drug-likeness (QED) is 0.592. The first kappa shape index (κ1) is 13.4. The van der Waals surface area contributed by atoms with Crippen LogP contribution in [0, 0.1) is 0 Å². The number of hydrazone groups is 1. The number of nitrogens with two attached hydrogens (primary N) is 1. The Labute approximate surface area is 112 Å². The van der Waals surface area contributed by atoms with Gasteiger partial charge in [0, 0.05) is 17.8 Å². The average molecular weight is 261 g/mol. The Hall–Kier alpha value is -2.08. The monoisotopic (exact) mass is 261 g/mol. The fourth-order valence-electron chi connectivity index (χ4n) is 1.91. The molecule has 0 saturated heterocycles. The van der Waals surface area contributed by atoms with Gasteiger partial charge in [0.15, 0.2) is 0 Å². The van der Waals surface area contributed by atoms with Crippen LogP contribution in [-0.4, -0.2) is 30.9 Å². The van der Waals surface area contributed by atoms with Crippen LogP contribution in [0.1, 0.15) is 18.9 Å². The molecule has 1 aliphatic rings. The highest BCUT2D eigenvalue weighted by atomic mass is 16.2. The minimum Gasteiger partial charge on any atom is -0.385 e. The third kappa shape index (κ3) is 3.45. The number of carbonyl (C=O) groups excluding carboxylic acids is 1. The summed E-state index contributed by atoms with van der Waals surface area (Å²) in [6.45, 7) is 3.46. The molecule has 0 aliphatic carbocycles. The van der Waals surface area contributed by atoms with Crippen molar-refractivity contribution in [1.29, 1.82) is 0 Å². The van der Waals surface area contributed by atoms with Crippen molar-refractivity contribution in [3.8, 4) is 0 Å². The number of benzene rings is 1. The van der Waals surface area contributed by atoms with Gasteiger partial charge in [-0.15, -0.1) is 0 Å². The topological polar surface area (TPSA) is 91.5 Å². The van der Waals surface area contributed by atoms with E-state index in [-0.39, 0.29) is 12.1 Å². The molecule has 6 heteroatoms. The predicted octanol–water partition coefficient (Wildman–Crippen LogP) is 0.853. The summed E-state index contributed by atoms with van der Waals surface area (Å²) in [5.41, 5.74) is 10.7. The number of hydrogen-bond donors (Lipinski definition) is 4. The summed E-state index contributed by atoms with van der Waals surface area (Å²) < 4.78 is 0. The zero-order valence-electron chi connectivity index (χ0n) is 10.9. The Kier molecular flexibility index (Phi) is 4.35. The molecule has 0 fully saturated rings. The summed E-state index contributed by atoms with van der Waals surface area (Å²) in [5, 5.41) is 10.1. The van der Waals surface area contributed by atoms with Crippen molar-refractivity contribution >= 4 is 17.4 Å². The van der Waals surface area contributed by atoms with Crippen LogP contribution in [0.4, 0.5) is 10.5 Å². The molecule has 1 aromatic carbocycles. The van der Waals surface area contributed by atoms with Crippen molar-refractivity contribution in [2.45, 2.75) is 19.4 Å². The Bertz CT molecular complexity index is 468. The first-order valence-electron chi connectivity index (χ1n) is 6.39. The largest absolute Gasteiger partial charge is 0.385 e. The smallest absolute Gasteiger partial charge is 0.335 e. The molecule has 0 radical (unpaired) electrons. The maximum absolute atomic E-state index is 11.1. The molecule has 0 aromatic heterocycles. The highest BCUT2D eigenvalue weighted by molar-refractivity contribution is 6.07. The van der Waals surface area contributed by atoms with Crippen molar-refractivity contribution in [3.63, 3.8) is 0 Å². The van der Waals surface area contributed by atoms with E-state index in [9.17, 15) is 4.79 Å². The van der Waals surface area contributed by atoms with Crippen LogP contribution in [0.2, 0.25) is 0 Å². The summed E-state index contributed by atoms with van der Waals surface area (Å²) in [4.78, 5) is 11.1. The number of amides is 2. The number of nitrogens with zero attached hydrogens (tertiary/aromatic N) is 1. The minimum absolute atomic E-state index is 0.0928. The van der Waals surface area contributed by atoms with E-state index in [1.54, 1.807) is 0 Å². The van der Waals surface area contributed by atoms with E-state index in [2.05, 4.69) is 21.2 Å². The van der Waals surface area contributed by atoms with Crippen LogP contribution in [0.3, 0.4) is 0 Å². The van der Waals surface area contributed by atoms with Gasteiger partial charge in [-0.3, -0.25) is 0 Å². The van der Waals surface area contributed by atoms with Gasteiger partial charge in [-0.1, -0.05) is 12.1 Å². The molecule has 1 aliphatic heterocycles. The number of urea groups is 1. The van der Waals surface area contributed by atoms with Gasteiger partial charge in [0.25, 0.3) is 0 Å². The van der Waals surface area contributed by atoms with E-state index < -0.39 is 0 Å². The molecule has 5 N–H and O–H groups in total. The molecule has 6 nitrogen and oxygen atoms in total. The van der Waals surface area contributed by atoms with Gasteiger partial charge in [-0.05, 0) is 32.0 Å². The van der Waals surface area contributed by atoms with Gasteiger partial charge >= 0.3 is 6.03 Å². The molecule has 1 heterocycles. The van der Waals surface area contributed by atoms with Gasteiger partial charge in [-0.2, -0.15) is 5.10 Å². The lowest BCUT2D eigenvalue weighted by Gasteiger charge is -2.21. The zero-order valence-corrected chi connectivity index (χ0v) is 10.9. The summed E-state index contributed by atoms with van der Waals surface area (Å²) in [6.07, 6.45) is 0.946. The lowest BCUT2D eigenvalue weighted by molar-refractivity contribution is 0.239. The third-order valence-corrected chi connectivity index (χ3v) is 2.93. The molecular formula is C13H19N5O. The maximum Gasteiger partial charge on any atom is 0.335 e. The molecule has 0 bridgehead atoms. The maximum atomic E-state index is 11.1. The van der Waals surface area contributed by atoms with Crippen LogP contribution in [0.5, 0.6) is 0 Å². The Balaban J connectivity index is 2.04. The lowest BCUT2D eigenvalue weighted by atomic mass is 10.0. The molecule has 2 amide bonds. The van der Waals surface area contributed by atoms with Crippen LogP contribution in [0.25, 0.3) is 0 Å². The number of rotatable bonds is 5. The van der Waals surface area contributed by atoms with E-state index in [0.717, 1.165) is 29.9 Å². The van der Waals surface area contributed by atoms with Crippen LogP contribution in [0.15, 0.2) is 29.4 Å². The van der Waals surface area contributed by atoms with E-state index in [1.807, 2.05) is 31.2 Å². The Morgan fingerprint density at radius 2 is 2.11 bits per heavy atom. The van der Waals surface area contributed by atoms with Gasteiger partial charge in [0.2, 0.25) is 0 Å². The first-order valence-corrected chi connectivity index (χ1v) is 6.39. The minimum atomic E-state index is -0.267. The second-order valence-corrected chi connectivity index (χ2v) is 4.45. The molecule has 0 saturated carbocycles. The van der Waals surface area contributed by atoms with Crippen molar-refractivity contribution in [2.24, 2.45) is 10.8 Å². The Morgan fingerprint density at radius 3 is 2.74 bits per heavy atom. The first-order chi connectivity index (χ1) is 9.20. The Morgan fingerprint density at radius 1 is 1.37 bits per heavy atom. The lowest BCUT2D eigenvalue weighted by Crippen LogP contribution is -2.48. The van der Waals surface area contributed by atoms with Crippen LogP contribution < -0.4 is 21.8 Å². The van der Waals surface area contributed by atoms with Crippen molar-refractivity contribution < 1.29 is 4.79 Å². The second kappa shape index (κ2) is 6.19. The van der Waals surface area contributed by atoms with E-state index >= 15 is 0 Å². The van der Waals surface area contributed by atoms with Gasteiger partial charge in [0.1, 0.15) is 0 Å². The summed E-state index contributed by atoms with van der Waals surface area (Å²) in [6, 6.07) is 7.61. The average Bonchev–Trinajstić information content (AvgIpc) is 2.40. The summed E-state index contributed by atoms with van der Waals surface area (Å²) in [7, 11) is 0. The van der Waals surface area contributed by atoms with E-state index in [1.165, 1.54) is 0 Å². The zero-order chi connectivity index (χ0) is 13.7. The van der Waals surface area contributed by atoms with Crippen molar-refractivity contribution in [2.75, 3.05) is 18.4 Å². The highest BCUT2D eigenvalue weighted by Gasteiger charge is 2.19. The van der Waals surface area contributed by atoms with E-state index in [0.29, 0.717) is 6.54 Å². The van der Waals surface area contributed by atoms with Gasteiger partial charge < -0.3 is 16.4 Å². The molecular weight excluding hydrogens is 242 g/mol. The fourth-order valence-corrected chi connectivity index (χ4v) is 1.91. The number of carbonyl (C=O) groups is 1. The number of hydrogen-bond acceptors (Lipinski definition) is 4. The molecule has 1 unspecified atom stereocenters. The fraction of sp³-hybridized carbons (Fsp3) is 0.385. The molecule has 1 atom stereocenters. The van der Waals surface area contributed by atoms with Crippen molar-refractivity contribution in [1.82, 2.24) is 10.7 Å². The van der Waals surface area contributed by atoms with Crippen LogP contribution in [-0.2, 0) is 0 Å². The van der Waals surface area contributed by atoms with Gasteiger partial charge in [0.05, 0.1) is 11.8 Å². The van der Waals surface area contributed by atoms with Crippen molar-refractivity contribution in [3.05, 3.63) is 29.8 Å². The SMILES string of the molecule is CC1NC(=O)NN=C1c1ccc(NCCCN)cc1. The molecule has 0 spiro atoms. The van der Waals surface area contributed by atoms with Gasteiger partial charge in [-0.25, -0.2) is 10.2 Å². The van der Waals surface area contributed by atoms with E-state index in [4.69, 9.17) is 5.73 Å². The third-order valence-electron chi connectivity index (χ3n) is 2.93. The molecule has 1 aromatic rings. The summed E-state index contributed by atoms with van der Waals surface area (Å²) in [5.74, 6) is 0. The second-order valence-electron chi connectivity index (χ2n) is 4.45. The molecule has 19 heavy (non-hydrogen) atoms. The standard InChI is InChI=1S/C13H19N5O/c1-9-12(17-18-13(19)16-9)10-3-5-11(6-4-10)15-8-2-7-14/h3-6,9,15H,2,7-8,14H2,1H3,(H2,16,18,19). The highest BCUT2D eigenvalue weighted by Crippen LogP contribution is 2.12. The normalized spacial score (nSPS) is 18.3. The van der Waals surface area contributed by atoms with Crippen LogP contribution >= 0.6 is 0 Å².